The fourth-order valence-corrected chi connectivity index (χ4v) is 2.87. The van der Waals surface area contributed by atoms with E-state index >= 15 is 0 Å². The van der Waals surface area contributed by atoms with Crippen LogP contribution in [0.2, 0.25) is 5.02 Å². The SMILES string of the molecule is O=C(Nc1ccc2c(c1)oc1ccccc12)c1ccccc1Cl. The molecule has 0 fully saturated rings. The Balaban J connectivity index is 1.71. The summed E-state index contributed by atoms with van der Waals surface area (Å²) in [6.45, 7) is 0. The van der Waals surface area contributed by atoms with Gasteiger partial charge in [0.1, 0.15) is 11.2 Å². The predicted octanol–water partition coefficient (Wildman–Crippen LogP) is 5.49. The van der Waals surface area contributed by atoms with Crippen LogP contribution in [-0.4, -0.2) is 5.91 Å². The number of rotatable bonds is 2. The van der Waals surface area contributed by atoms with Crippen molar-refractivity contribution in [2.24, 2.45) is 0 Å². The molecular weight excluding hydrogens is 310 g/mol. The Kier molecular flexibility index (Phi) is 3.28. The highest BCUT2D eigenvalue weighted by atomic mass is 35.5. The highest BCUT2D eigenvalue weighted by Gasteiger charge is 2.11. The minimum Gasteiger partial charge on any atom is -0.456 e. The number of carbonyl (C=O) groups is 1. The molecular formula is C19H12ClNO2. The van der Waals surface area contributed by atoms with Gasteiger partial charge < -0.3 is 9.73 Å². The fourth-order valence-electron chi connectivity index (χ4n) is 2.65. The molecule has 3 aromatic carbocycles. The molecule has 0 bridgehead atoms. The van der Waals surface area contributed by atoms with Crippen molar-refractivity contribution in [1.82, 2.24) is 0 Å². The molecule has 0 saturated heterocycles. The average molecular weight is 322 g/mol. The quantitative estimate of drug-likeness (QED) is 0.530. The van der Waals surface area contributed by atoms with Crippen LogP contribution in [0.5, 0.6) is 0 Å². The number of amides is 1. The predicted molar refractivity (Wildman–Crippen MR) is 93.1 cm³/mol. The summed E-state index contributed by atoms with van der Waals surface area (Å²) in [5.74, 6) is -0.244. The maximum absolute atomic E-state index is 12.3. The topological polar surface area (TPSA) is 42.2 Å². The summed E-state index contributed by atoms with van der Waals surface area (Å²) < 4.78 is 5.83. The summed E-state index contributed by atoms with van der Waals surface area (Å²) in [7, 11) is 0. The molecule has 0 aliphatic heterocycles. The summed E-state index contributed by atoms with van der Waals surface area (Å²) in [5.41, 5.74) is 2.68. The van der Waals surface area contributed by atoms with E-state index in [9.17, 15) is 4.79 Å². The lowest BCUT2D eigenvalue weighted by molar-refractivity contribution is 0.102. The van der Waals surface area contributed by atoms with Crippen molar-refractivity contribution >= 4 is 45.1 Å². The van der Waals surface area contributed by atoms with E-state index < -0.39 is 0 Å². The highest BCUT2D eigenvalue weighted by molar-refractivity contribution is 6.34. The van der Waals surface area contributed by atoms with Gasteiger partial charge in [-0.25, -0.2) is 0 Å². The van der Waals surface area contributed by atoms with Crippen LogP contribution in [0, 0.1) is 0 Å². The summed E-state index contributed by atoms with van der Waals surface area (Å²) in [5, 5.41) is 5.36. The summed E-state index contributed by atoms with van der Waals surface area (Å²) >= 11 is 6.05. The van der Waals surface area contributed by atoms with Gasteiger partial charge in [-0.15, -0.1) is 0 Å². The van der Waals surface area contributed by atoms with Crippen molar-refractivity contribution in [2.45, 2.75) is 0 Å². The van der Waals surface area contributed by atoms with Crippen LogP contribution < -0.4 is 5.32 Å². The molecule has 4 rings (SSSR count). The van der Waals surface area contributed by atoms with E-state index in [0.29, 0.717) is 16.3 Å². The maximum Gasteiger partial charge on any atom is 0.257 e. The lowest BCUT2D eigenvalue weighted by Crippen LogP contribution is -2.12. The normalized spacial score (nSPS) is 11.0. The first-order valence-corrected chi connectivity index (χ1v) is 7.57. The number of para-hydroxylation sites is 1. The van der Waals surface area contributed by atoms with Gasteiger partial charge in [0.05, 0.1) is 10.6 Å². The largest absolute Gasteiger partial charge is 0.456 e. The van der Waals surface area contributed by atoms with Crippen molar-refractivity contribution < 1.29 is 9.21 Å². The van der Waals surface area contributed by atoms with Gasteiger partial charge in [-0.1, -0.05) is 41.9 Å². The van der Waals surface area contributed by atoms with Gasteiger partial charge in [0.15, 0.2) is 0 Å². The standard InChI is InChI=1S/C19H12ClNO2/c20-16-7-3-1-6-15(16)19(22)21-12-9-10-14-13-5-2-4-8-17(13)23-18(14)11-12/h1-11H,(H,21,22). The van der Waals surface area contributed by atoms with Crippen molar-refractivity contribution in [3.8, 4) is 0 Å². The van der Waals surface area contributed by atoms with Gasteiger partial charge in [-0.05, 0) is 30.3 Å². The molecule has 4 heteroatoms. The number of hydrogen-bond acceptors (Lipinski definition) is 2. The number of hydrogen-bond donors (Lipinski definition) is 1. The molecule has 1 N–H and O–H groups in total. The third-order valence-electron chi connectivity index (χ3n) is 3.76. The van der Waals surface area contributed by atoms with Crippen LogP contribution in [0.25, 0.3) is 21.9 Å². The van der Waals surface area contributed by atoms with Crippen molar-refractivity contribution in [1.29, 1.82) is 0 Å². The smallest absolute Gasteiger partial charge is 0.257 e. The second kappa shape index (κ2) is 5.45. The molecule has 0 radical (unpaired) electrons. The second-order valence-electron chi connectivity index (χ2n) is 5.24. The molecule has 0 unspecified atom stereocenters. The van der Waals surface area contributed by atoms with Crippen LogP contribution in [0.4, 0.5) is 5.69 Å². The van der Waals surface area contributed by atoms with E-state index in [2.05, 4.69) is 5.32 Å². The van der Waals surface area contributed by atoms with Crippen LogP contribution in [0.1, 0.15) is 10.4 Å². The highest BCUT2D eigenvalue weighted by Crippen LogP contribution is 2.30. The summed E-state index contributed by atoms with van der Waals surface area (Å²) in [6, 6.07) is 20.4. The van der Waals surface area contributed by atoms with Gasteiger partial charge in [0.25, 0.3) is 5.91 Å². The third-order valence-corrected chi connectivity index (χ3v) is 4.08. The number of benzene rings is 3. The Labute approximate surface area is 137 Å². The molecule has 1 aromatic heterocycles. The van der Waals surface area contributed by atoms with E-state index in [1.807, 2.05) is 42.5 Å². The molecule has 0 aliphatic rings. The number of nitrogens with one attached hydrogen (secondary N) is 1. The number of furan rings is 1. The molecule has 4 aromatic rings. The van der Waals surface area contributed by atoms with Crippen molar-refractivity contribution in [3.05, 3.63) is 77.3 Å². The first-order chi connectivity index (χ1) is 11.2. The third kappa shape index (κ3) is 2.45. The molecule has 112 valence electrons. The van der Waals surface area contributed by atoms with Crippen LogP contribution in [0.15, 0.2) is 71.1 Å². The second-order valence-corrected chi connectivity index (χ2v) is 5.65. The Morgan fingerprint density at radius 3 is 2.48 bits per heavy atom. The average Bonchev–Trinajstić information content (AvgIpc) is 2.92. The van der Waals surface area contributed by atoms with E-state index in [4.69, 9.17) is 16.0 Å². The molecule has 0 saturated carbocycles. The zero-order chi connectivity index (χ0) is 15.8. The summed E-state index contributed by atoms with van der Waals surface area (Å²) in [4.78, 5) is 12.3. The van der Waals surface area contributed by atoms with E-state index in [1.54, 1.807) is 24.3 Å². The molecule has 0 aliphatic carbocycles. The first-order valence-electron chi connectivity index (χ1n) is 7.19. The molecule has 1 amide bonds. The Morgan fingerprint density at radius 2 is 1.61 bits per heavy atom. The van der Waals surface area contributed by atoms with Crippen molar-refractivity contribution in [2.75, 3.05) is 5.32 Å². The van der Waals surface area contributed by atoms with Gasteiger partial charge in [0.2, 0.25) is 0 Å². The lowest BCUT2D eigenvalue weighted by Gasteiger charge is -2.06. The minimum absolute atomic E-state index is 0.244. The van der Waals surface area contributed by atoms with Gasteiger partial charge in [0, 0.05) is 22.5 Å². The van der Waals surface area contributed by atoms with E-state index in [1.165, 1.54) is 0 Å². The lowest BCUT2D eigenvalue weighted by atomic mass is 10.1. The molecule has 1 heterocycles. The fraction of sp³-hybridized carbons (Fsp3) is 0. The zero-order valence-corrected chi connectivity index (χ0v) is 12.8. The molecule has 0 spiro atoms. The van der Waals surface area contributed by atoms with Gasteiger partial charge >= 0.3 is 0 Å². The molecule has 3 nitrogen and oxygen atoms in total. The van der Waals surface area contributed by atoms with E-state index in [0.717, 1.165) is 21.9 Å². The summed E-state index contributed by atoms with van der Waals surface area (Å²) in [6.07, 6.45) is 0. The first kappa shape index (κ1) is 13.9. The molecule has 23 heavy (non-hydrogen) atoms. The Bertz CT molecular complexity index is 1040. The van der Waals surface area contributed by atoms with Gasteiger partial charge in [-0.3, -0.25) is 4.79 Å². The van der Waals surface area contributed by atoms with Crippen molar-refractivity contribution in [3.63, 3.8) is 0 Å². The number of carbonyl (C=O) groups excluding carboxylic acids is 1. The monoisotopic (exact) mass is 321 g/mol. The maximum atomic E-state index is 12.3. The Hall–Kier alpha value is -2.78. The molecule has 0 atom stereocenters. The van der Waals surface area contributed by atoms with Crippen LogP contribution in [-0.2, 0) is 0 Å². The number of halogens is 1. The number of anilines is 1. The zero-order valence-electron chi connectivity index (χ0n) is 12.0. The number of fused-ring (bicyclic) bond motifs is 3. The van der Waals surface area contributed by atoms with Gasteiger partial charge in [-0.2, -0.15) is 0 Å². The Morgan fingerprint density at radius 1 is 0.870 bits per heavy atom. The van der Waals surface area contributed by atoms with Crippen LogP contribution >= 0.6 is 11.6 Å². The van der Waals surface area contributed by atoms with E-state index in [-0.39, 0.29) is 5.91 Å². The minimum atomic E-state index is -0.244. The van der Waals surface area contributed by atoms with Crippen LogP contribution in [0.3, 0.4) is 0 Å².